The minimum atomic E-state index is -0.298. The van der Waals surface area contributed by atoms with Gasteiger partial charge in [-0.1, -0.05) is 18.2 Å². The average Bonchev–Trinajstić information content (AvgIpc) is 3.40. The SMILES string of the molecule is Cc1cc(NC(=O)/C=C/c2cn(-c3ccccc3)nc2-c2cccnc2)n(CCC#N)n1. The number of nitriles is 1. The third-order valence-corrected chi connectivity index (χ3v) is 4.70. The number of nitrogens with zero attached hydrogens (tertiary/aromatic N) is 6. The number of aryl methyl sites for hydroxylation is 2. The average molecular weight is 423 g/mol. The Hall–Kier alpha value is -4.51. The van der Waals surface area contributed by atoms with Gasteiger partial charge in [0.2, 0.25) is 5.91 Å². The highest BCUT2D eigenvalue weighted by atomic mass is 16.1. The van der Waals surface area contributed by atoms with Crippen LogP contribution in [0.5, 0.6) is 0 Å². The monoisotopic (exact) mass is 423 g/mol. The van der Waals surface area contributed by atoms with Crippen molar-refractivity contribution in [3.8, 4) is 23.0 Å². The molecule has 158 valence electrons. The molecule has 0 fully saturated rings. The highest BCUT2D eigenvalue weighted by Gasteiger charge is 2.12. The van der Waals surface area contributed by atoms with Crippen LogP contribution in [0.2, 0.25) is 0 Å². The van der Waals surface area contributed by atoms with Gasteiger partial charge in [-0.15, -0.1) is 0 Å². The van der Waals surface area contributed by atoms with Gasteiger partial charge in [-0.25, -0.2) is 9.36 Å². The van der Waals surface area contributed by atoms with Crippen molar-refractivity contribution in [2.24, 2.45) is 0 Å². The minimum Gasteiger partial charge on any atom is -0.307 e. The maximum Gasteiger partial charge on any atom is 0.249 e. The molecule has 8 heteroatoms. The third kappa shape index (κ3) is 4.79. The number of para-hydroxylation sites is 1. The Balaban J connectivity index is 1.60. The molecule has 0 saturated carbocycles. The Bertz CT molecular complexity index is 1280. The number of benzene rings is 1. The van der Waals surface area contributed by atoms with E-state index in [1.807, 2.05) is 55.6 Å². The lowest BCUT2D eigenvalue weighted by Crippen LogP contribution is -2.13. The number of hydrogen-bond donors (Lipinski definition) is 1. The summed E-state index contributed by atoms with van der Waals surface area (Å²) in [4.78, 5) is 16.8. The molecule has 0 spiro atoms. The lowest BCUT2D eigenvalue weighted by molar-refractivity contribution is -0.111. The molecule has 3 aromatic heterocycles. The van der Waals surface area contributed by atoms with Crippen molar-refractivity contribution in [2.75, 3.05) is 5.32 Å². The maximum atomic E-state index is 12.6. The fourth-order valence-corrected chi connectivity index (χ4v) is 3.26. The molecule has 4 aromatic rings. The quantitative estimate of drug-likeness (QED) is 0.453. The number of hydrogen-bond acceptors (Lipinski definition) is 5. The minimum absolute atomic E-state index is 0.298. The molecule has 1 N–H and O–H groups in total. The Morgan fingerprint density at radius 3 is 2.78 bits per heavy atom. The summed E-state index contributed by atoms with van der Waals surface area (Å²) in [5, 5.41) is 20.7. The predicted octanol–water partition coefficient (Wildman–Crippen LogP) is 4.00. The first-order valence-corrected chi connectivity index (χ1v) is 10.1. The van der Waals surface area contributed by atoms with Gasteiger partial charge in [-0.2, -0.15) is 15.5 Å². The van der Waals surface area contributed by atoms with Gasteiger partial charge < -0.3 is 5.32 Å². The zero-order valence-corrected chi connectivity index (χ0v) is 17.5. The first-order chi connectivity index (χ1) is 15.6. The Labute approximate surface area is 185 Å². The summed E-state index contributed by atoms with van der Waals surface area (Å²) in [5.74, 6) is 0.257. The fourth-order valence-electron chi connectivity index (χ4n) is 3.26. The second kappa shape index (κ2) is 9.53. The van der Waals surface area contributed by atoms with E-state index in [-0.39, 0.29) is 5.91 Å². The van der Waals surface area contributed by atoms with Crippen LogP contribution in [-0.2, 0) is 11.3 Å². The van der Waals surface area contributed by atoms with Crippen molar-refractivity contribution in [3.63, 3.8) is 0 Å². The van der Waals surface area contributed by atoms with Crippen LogP contribution < -0.4 is 5.32 Å². The second-order valence-corrected chi connectivity index (χ2v) is 7.08. The lowest BCUT2D eigenvalue weighted by Gasteiger charge is -2.05. The molecule has 3 heterocycles. The number of anilines is 1. The first-order valence-electron chi connectivity index (χ1n) is 10.1. The smallest absolute Gasteiger partial charge is 0.249 e. The molecule has 0 aliphatic rings. The number of carbonyl (C=O) groups excluding carboxylic acids is 1. The number of nitrogens with one attached hydrogen (secondary N) is 1. The van der Waals surface area contributed by atoms with Crippen LogP contribution in [0.15, 0.2) is 73.2 Å². The predicted molar refractivity (Wildman–Crippen MR) is 122 cm³/mol. The zero-order chi connectivity index (χ0) is 22.3. The van der Waals surface area contributed by atoms with E-state index >= 15 is 0 Å². The normalized spacial score (nSPS) is 10.9. The molecule has 8 nitrogen and oxygen atoms in total. The molecular weight excluding hydrogens is 402 g/mol. The third-order valence-electron chi connectivity index (χ3n) is 4.70. The van der Waals surface area contributed by atoms with E-state index < -0.39 is 0 Å². The standard InChI is InChI=1S/C24H21N7O/c1-18-15-22(30(28-18)14-6-12-25)27-23(32)11-10-20-17-31(21-8-3-2-4-9-21)29-24(20)19-7-5-13-26-16-19/h2-5,7-11,13,15-17H,6,14H2,1H3,(H,27,32)/b11-10+. The summed E-state index contributed by atoms with van der Waals surface area (Å²) in [6.45, 7) is 2.26. The highest BCUT2D eigenvalue weighted by Crippen LogP contribution is 2.24. The van der Waals surface area contributed by atoms with Crippen LogP contribution in [0.3, 0.4) is 0 Å². The van der Waals surface area contributed by atoms with Gasteiger partial charge in [0.1, 0.15) is 11.5 Å². The number of rotatable bonds is 7. The lowest BCUT2D eigenvalue weighted by atomic mass is 10.1. The molecule has 0 saturated heterocycles. The van der Waals surface area contributed by atoms with E-state index in [1.165, 1.54) is 6.08 Å². The van der Waals surface area contributed by atoms with Gasteiger partial charge in [-0.3, -0.25) is 9.78 Å². The van der Waals surface area contributed by atoms with E-state index in [4.69, 9.17) is 10.4 Å². The number of pyridine rings is 1. The van der Waals surface area contributed by atoms with Crippen molar-refractivity contribution >= 4 is 17.8 Å². The van der Waals surface area contributed by atoms with Crippen LogP contribution in [0, 0.1) is 18.3 Å². The summed E-state index contributed by atoms with van der Waals surface area (Å²) in [7, 11) is 0. The molecule has 32 heavy (non-hydrogen) atoms. The van der Waals surface area contributed by atoms with Crippen molar-refractivity contribution in [3.05, 3.63) is 84.5 Å². The van der Waals surface area contributed by atoms with Crippen LogP contribution >= 0.6 is 0 Å². The van der Waals surface area contributed by atoms with Crippen LogP contribution in [0.25, 0.3) is 23.0 Å². The van der Waals surface area contributed by atoms with Gasteiger partial charge in [0.25, 0.3) is 0 Å². The molecule has 1 aromatic carbocycles. The summed E-state index contributed by atoms with van der Waals surface area (Å²) < 4.78 is 3.40. The van der Waals surface area contributed by atoms with E-state index in [0.717, 1.165) is 28.2 Å². The molecule has 0 aliphatic heterocycles. The molecule has 1 amide bonds. The molecule has 0 radical (unpaired) electrons. The van der Waals surface area contributed by atoms with Gasteiger partial charge in [0.05, 0.1) is 30.4 Å². The maximum absolute atomic E-state index is 12.6. The van der Waals surface area contributed by atoms with Crippen molar-refractivity contribution in [2.45, 2.75) is 19.9 Å². The Kier molecular flexibility index (Phi) is 6.18. The second-order valence-electron chi connectivity index (χ2n) is 7.08. The Morgan fingerprint density at radius 2 is 2.03 bits per heavy atom. The molecule has 0 bridgehead atoms. The zero-order valence-electron chi connectivity index (χ0n) is 17.5. The number of amides is 1. The van der Waals surface area contributed by atoms with Crippen LogP contribution in [0.4, 0.5) is 5.82 Å². The Morgan fingerprint density at radius 1 is 1.19 bits per heavy atom. The van der Waals surface area contributed by atoms with E-state index in [0.29, 0.717) is 18.8 Å². The van der Waals surface area contributed by atoms with Crippen LogP contribution in [-0.4, -0.2) is 30.5 Å². The first kappa shape index (κ1) is 20.8. The molecule has 0 aliphatic carbocycles. The van der Waals surface area contributed by atoms with Gasteiger partial charge in [0, 0.05) is 41.9 Å². The number of carbonyl (C=O) groups is 1. The van der Waals surface area contributed by atoms with Crippen LogP contribution in [0.1, 0.15) is 17.7 Å². The largest absolute Gasteiger partial charge is 0.307 e. The summed E-state index contributed by atoms with van der Waals surface area (Å²) in [6, 6.07) is 17.4. The molecular formula is C24H21N7O. The fraction of sp³-hybridized carbons (Fsp3) is 0.125. The highest BCUT2D eigenvalue weighted by molar-refractivity contribution is 6.02. The van der Waals surface area contributed by atoms with E-state index in [2.05, 4.69) is 21.5 Å². The van der Waals surface area contributed by atoms with Crippen molar-refractivity contribution < 1.29 is 4.79 Å². The van der Waals surface area contributed by atoms with Crippen molar-refractivity contribution in [1.82, 2.24) is 24.5 Å². The van der Waals surface area contributed by atoms with Gasteiger partial charge in [-0.05, 0) is 37.3 Å². The van der Waals surface area contributed by atoms with E-state index in [9.17, 15) is 4.79 Å². The molecule has 0 atom stereocenters. The molecule has 4 rings (SSSR count). The van der Waals surface area contributed by atoms with Crippen molar-refractivity contribution in [1.29, 1.82) is 5.26 Å². The van der Waals surface area contributed by atoms with E-state index in [1.54, 1.807) is 33.9 Å². The summed E-state index contributed by atoms with van der Waals surface area (Å²) in [6.07, 6.45) is 8.83. The summed E-state index contributed by atoms with van der Waals surface area (Å²) >= 11 is 0. The van der Waals surface area contributed by atoms with Gasteiger partial charge >= 0.3 is 0 Å². The molecule has 0 unspecified atom stereocenters. The number of aromatic nitrogens is 5. The van der Waals surface area contributed by atoms with Gasteiger partial charge in [0.15, 0.2) is 0 Å². The topological polar surface area (TPSA) is 101 Å². The summed E-state index contributed by atoms with van der Waals surface area (Å²) in [5.41, 5.74) is 4.04.